The van der Waals surface area contributed by atoms with Gasteiger partial charge >= 0.3 is 12.0 Å². The lowest BCUT2D eigenvalue weighted by atomic mass is 9.86. The minimum absolute atomic E-state index is 0.190. The zero-order valence-corrected chi connectivity index (χ0v) is 12.5. The largest absolute Gasteiger partial charge is 0.481 e. The van der Waals surface area contributed by atoms with Crippen molar-refractivity contribution in [1.29, 1.82) is 0 Å². The first-order valence-corrected chi connectivity index (χ1v) is 7.20. The fraction of sp³-hybridized carbons (Fsp3) is 0.600. The highest BCUT2D eigenvalue weighted by molar-refractivity contribution is 5.78. The first kappa shape index (κ1) is 15.4. The van der Waals surface area contributed by atoms with E-state index < -0.39 is 11.4 Å². The Kier molecular flexibility index (Phi) is 4.55. The number of aryl methyl sites for hydroxylation is 1. The maximum atomic E-state index is 12.1. The van der Waals surface area contributed by atoms with Gasteiger partial charge in [-0.2, -0.15) is 0 Å². The molecule has 1 aliphatic carbocycles. The van der Waals surface area contributed by atoms with Gasteiger partial charge < -0.3 is 19.7 Å². The number of carboxylic acids is 1. The van der Waals surface area contributed by atoms with Crippen LogP contribution in [0.5, 0.6) is 0 Å². The number of aliphatic carboxylic acids is 1. The molecule has 2 rings (SSSR count). The highest BCUT2D eigenvalue weighted by Gasteiger charge is 2.41. The van der Waals surface area contributed by atoms with E-state index in [1.165, 1.54) is 4.90 Å². The van der Waals surface area contributed by atoms with Crippen LogP contribution >= 0.6 is 0 Å². The molecule has 21 heavy (non-hydrogen) atoms. The van der Waals surface area contributed by atoms with Crippen LogP contribution in [0, 0.1) is 12.3 Å². The molecule has 6 nitrogen and oxygen atoms in total. The average molecular weight is 294 g/mol. The normalized spacial score (nSPS) is 16.7. The number of rotatable bonds is 5. The van der Waals surface area contributed by atoms with Crippen molar-refractivity contribution in [1.82, 2.24) is 10.2 Å². The second-order valence-electron chi connectivity index (χ2n) is 5.81. The maximum Gasteiger partial charge on any atom is 0.317 e. The Balaban J connectivity index is 1.89. The molecule has 0 bridgehead atoms. The van der Waals surface area contributed by atoms with E-state index in [0.717, 1.165) is 24.2 Å². The van der Waals surface area contributed by atoms with Gasteiger partial charge in [-0.05, 0) is 25.8 Å². The third-order valence-electron chi connectivity index (χ3n) is 4.31. The van der Waals surface area contributed by atoms with E-state index in [-0.39, 0.29) is 12.6 Å². The lowest BCUT2D eigenvalue weighted by Crippen LogP contribution is -2.45. The molecule has 1 fully saturated rings. The Hall–Kier alpha value is -1.98. The first-order chi connectivity index (χ1) is 9.94. The van der Waals surface area contributed by atoms with Crippen molar-refractivity contribution in [3.63, 3.8) is 0 Å². The van der Waals surface area contributed by atoms with Crippen LogP contribution in [-0.4, -0.2) is 35.6 Å². The lowest BCUT2D eigenvalue weighted by Gasteiger charge is -2.26. The summed E-state index contributed by atoms with van der Waals surface area (Å²) in [5, 5.41) is 12.1. The summed E-state index contributed by atoms with van der Waals surface area (Å²) in [6, 6.07) is 1.57. The van der Waals surface area contributed by atoms with Gasteiger partial charge in [-0.15, -0.1) is 0 Å². The molecule has 1 aromatic heterocycles. The van der Waals surface area contributed by atoms with Crippen molar-refractivity contribution in [3.05, 3.63) is 23.7 Å². The molecule has 0 atom stereocenters. The fourth-order valence-electron chi connectivity index (χ4n) is 2.80. The van der Waals surface area contributed by atoms with Crippen molar-refractivity contribution in [3.8, 4) is 0 Å². The molecule has 2 N–H and O–H groups in total. The number of hydrogen-bond donors (Lipinski definition) is 2. The SMILES string of the molecule is Cc1occc1CN(C)C(=O)NCC1(C(=O)O)CCCC1. The van der Waals surface area contributed by atoms with E-state index in [4.69, 9.17) is 4.42 Å². The average Bonchev–Trinajstić information content (AvgIpc) is 3.07. The molecule has 1 aromatic rings. The minimum Gasteiger partial charge on any atom is -0.481 e. The Labute approximate surface area is 124 Å². The summed E-state index contributed by atoms with van der Waals surface area (Å²) >= 11 is 0. The highest BCUT2D eigenvalue weighted by atomic mass is 16.4. The number of nitrogens with zero attached hydrogens (tertiary/aromatic N) is 1. The minimum atomic E-state index is -0.811. The second-order valence-corrected chi connectivity index (χ2v) is 5.81. The summed E-state index contributed by atoms with van der Waals surface area (Å²) in [5.74, 6) is -0.0268. The van der Waals surface area contributed by atoms with Gasteiger partial charge in [-0.1, -0.05) is 12.8 Å². The van der Waals surface area contributed by atoms with E-state index in [9.17, 15) is 14.7 Å². The van der Waals surface area contributed by atoms with Crippen LogP contribution < -0.4 is 5.32 Å². The molecule has 1 saturated carbocycles. The molecular formula is C15H22N2O4. The summed E-state index contributed by atoms with van der Waals surface area (Å²) in [5.41, 5.74) is 0.156. The molecule has 0 unspecified atom stereocenters. The molecule has 0 radical (unpaired) electrons. The van der Waals surface area contributed by atoms with Gasteiger partial charge in [0, 0.05) is 19.2 Å². The van der Waals surface area contributed by atoms with Crippen molar-refractivity contribution in [2.75, 3.05) is 13.6 Å². The van der Waals surface area contributed by atoms with E-state index in [1.54, 1.807) is 13.3 Å². The van der Waals surface area contributed by atoms with Gasteiger partial charge in [0.05, 0.1) is 18.2 Å². The molecule has 0 aliphatic heterocycles. The van der Waals surface area contributed by atoms with Gasteiger partial charge in [-0.25, -0.2) is 4.79 Å². The quantitative estimate of drug-likeness (QED) is 0.873. The number of carboxylic acid groups (broad SMARTS) is 1. The molecular weight excluding hydrogens is 272 g/mol. The molecule has 2 amide bonds. The zero-order valence-electron chi connectivity index (χ0n) is 12.5. The van der Waals surface area contributed by atoms with E-state index >= 15 is 0 Å². The molecule has 1 heterocycles. The van der Waals surface area contributed by atoms with Gasteiger partial charge in [0.15, 0.2) is 0 Å². The molecule has 6 heteroatoms. The molecule has 116 valence electrons. The summed E-state index contributed by atoms with van der Waals surface area (Å²) in [6.45, 7) is 2.48. The van der Waals surface area contributed by atoms with E-state index in [0.29, 0.717) is 19.4 Å². The molecule has 1 aliphatic rings. The molecule has 0 spiro atoms. The molecule has 0 aromatic carbocycles. The van der Waals surface area contributed by atoms with E-state index in [2.05, 4.69) is 5.32 Å². The van der Waals surface area contributed by atoms with Gasteiger partial charge in [-0.3, -0.25) is 4.79 Å². The monoisotopic (exact) mass is 294 g/mol. The van der Waals surface area contributed by atoms with Crippen molar-refractivity contribution in [2.24, 2.45) is 5.41 Å². The third kappa shape index (κ3) is 3.37. The summed E-state index contributed by atoms with van der Waals surface area (Å²) < 4.78 is 5.20. The van der Waals surface area contributed by atoms with Crippen LogP contribution in [-0.2, 0) is 11.3 Å². The van der Waals surface area contributed by atoms with Crippen LogP contribution in [0.3, 0.4) is 0 Å². The number of hydrogen-bond acceptors (Lipinski definition) is 3. The van der Waals surface area contributed by atoms with Crippen LogP contribution in [0.4, 0.5) is 4.79 Å². The van der Waals surface area contributed by atoms with Crippen molar-refractivity contribution < 1.29 is 19.1 Å². The maximum absolute atomic E-state index is 12.1. The van der Waals surface area contributed by atoms with Crippen molar-refractivity contribution in [2.45, 2.75) is 39.2 Å². The second kappa shape index (κ2) is 6.20. The van der Waals surface area contributed by atoms with Crippen molar-refractivity contribution >= 4 is 12.0 Å². The summed E-state index contributed by atoms with van der Waals surface area (Å²) in [6.07, 6.45) is 4.67. The van der Waals surface area contributed by atoms with Crippen LogP contribution in [0.15, 0.2) is 16.7 Å². The molecule has 0 saturated heterocycles. The summed E-state index contributed by atoms with van der Waals surface area (Å²) in [7, 11) is 1.68. The zero-order chi connectivity index (χ0) is 15.5. The predicted octanol–water partition coefficient (Wildman–Crippen LogP) is 2.37. The smallest absolute Gasteiger partial charge is 0.317 e. The third-order valence-corrected chi connectivity index (χ3v) is 4.31. The van der Waals surface area contributed by atoms with Gasteiger partial charge in [0.25, 0.3) is 0 Å². The number of amides is 2. The Bertz CT molecular complexity index is 517. The Morgan fingerprint density at radius 3 is 2.62 bits per heavy atom. The first-order valence-electron chi connectivity index (χ1n) is 7.20. The number of carbonyl (C=O) groups excluding carboxylic acids is 1. The van der Waals surface area contributed by atoms with Crippen LogP contribution in [0.1, 0.15) is 37.0 Å². The van der Waals surface area contributed by atoms with E-state index in [1.807, 2.05) is 13.0 Å². The Morgan fingerprint density at radius 1 is 1.43 bits per heavy atom. The number of nitrogens with one attached hydrogen (secondary N) is 1. The number of carbonyl (C=O) groups is 2. The Morgan fingerprint density at radius 2 is 2.10 bits per heavy atom. The number of urea groups is 1. The fourth-order valence-corrected chi connectivity index (χ4v) is 2.80. The number of furan rings is 1. The lowest BCUT2D eigenvalue weighted by molar-refractivity contribution is -0.148. The predicted molar refractivity (Wildman–Crippen MR) is 76.8 cm³/mol. The topological polar surface area (TPSA) is 82.8 Å². The van der Waals surface area contributed by atoms with Crippen LogP contribution in [0.25, 0.3) is 0 Å². The van der Waals surface area contributed by atoms with Crippen LogP contribution in [0.2, 0.25) is 0 Å². The highest BCUT2D eigenvalue weighted by Crippen LogP contribution is 2.37. The van der Waals surface area contributed by atoms with Gasteiger partial charge in [0.1, 0.15) is 5.76 Å². The van der Waals surface area contributed by atoms with Gasteiger partial charge in [0.2, 0.25) is 0 Å². The standard InChI is InChI=1S/C15H22N2O4/c1-11-12(5-8-21-11)9-17(2)14(20)16-10-15(13(18)19)6-3-4-7-15/h5,8H,3-4,6-7,9-10H2,1-2H3,(H,16,20)(H,18,19). The summed E-state index contributed by atoms with van der Waals surface area (Å²) in [4.78, 5) is 25.1.